The Morgan fingerprint density at radius 2 is 1.44 bits per heavy atom. The Labute approximate surface area is 227 Å². The normalized spacial score (nSPS) is 11.6. The van der Waals surface area contributed by atoms with Gasteiger partial charge in [0, 0.05) is 32.0 Å². The Morgan fingerprint density at radius 1 is 0.744 bits per heavy atom. The second-order valence-electron chi connectivity index (χ2n) is 8.54. The average Bonchev–Trinajstić information content (AvgIpc) is 2.95. The minimum absolute atomic E-state index is 0.477. The molecule has 3 aromatic rings. The molecule has 10 heteroatoms. The fraction of sp³-hybridized carbons (Fsp3) is 0.414. The van der Waals surface area contributed by atoms with Gasteiger partial charge in [-0.1, -0.05) is 18.2 Å². The number of pyridine rings is 1. The van der Waals surface area contributed by atoms with Crippen LogP contribution in [0.15, 0.2) is 60.8 Å². The molecular weight excluding hydrogens is 513 g/mol. The van der Waals surface area contributed by atoms with Crippen molar-refractivity contribution in [2.24, 2.45) is 0 Å². The first-order valence-electron chi connectivity index (χ1n) is 12.7. The molecule has 0 aliphatic carbocycles. The molecule has 0 saturated carbocycles. The van der Waals surface area contributed by atoms with E-state index in [1.807, 2.05) is 18.2 Å². The van der Waals surface area contributed by atoms with E-state index in [4.69, 9.17) is 23.7 Å². The van der Waals surface area contributed by atoms with Crippen LogP contribution < -0.4 is 10.1 Å². The van der Waals surface area contributed by atoms with Crippen LogP contribution >= 0.6 is 0 Å². The first-order valence-corrected chi connectivity index (χ1v) is 12.7. The molecule has 0 unspecified atom stereocenters. The molecule has 0 bridgehead atoms. The van der Waals surface area contributed by atoms with E-state index in [1.165, 1.54) is 6.07 Å². The van der Waals surface area contributed by atoms with Crippen LogP contribution in [0.1, 0.15) is 11.3 Å². The maximum Gasteiger partial charge on any atom is 0.416 e. The molecular formula is C29H35F3N2O5. The van der Waals surface area contributed by atoms with E-state index < -0.39 is 11.7 Å². The number of nitrogens with one attached hydrogen (secondary N) is 1. The van der Waals surface area contributed by atoms with Crippen molar-refractivity contribution in [2.45, 2.75) is 12.7 Å². The fourth-order valence-electron chi connectivity index (χ4n) is 3.78. The van der Waals surface area contributed by atoms with Crippen LogP contribution in [-0.2, 0) is 31.7 Å². The fourth-order valence-corrected chi connectivity index (χ4v) is 3.78. The van der Waals surface area contributed by atoms with Gasteiger partial charge in [-0.05, 0) is 53.1 Å². The standard InChI is InChI=1S/C29H35F3N2O5/c1-35-12-13-38-16-17-39-15-14-37-11-10-33-21-26-19-24(8-9-34-26)27-20-23(6-7-28(27)36-2)22-4-3-5-25(18-22)29(30,31)32/h3-9,18-20,33H,10-17,21H2,1-2H3. The molecule has 0 atom stereocenters. The summed E-state index contributed by atoms with van der Waals surface area (Å²) < 4.78 is 66.4. The average molecular weight is 549 g/mol. The van der Waals surface area contributed by atoms with Crippen molar-refractivity contribution >= 4 is 0 Å². The van der Waals surface area contributed by atoms with Gasteiger partial charge in [-0.2, -0.15) is 13.2 Å². The Balaban J connectivity index is 1.50. The van der Waals surface area contributed by atoms with Gasteiger partial charge in [0.2, 0.25) is 0 Å². The third kappa shape index (κ3) is 10.2. The number of rotatable bonds is 17. The van der Waals surface area contributed by atoms with Gasteiger partial charge in [-0.3, -0.25) is 4.98 Å². The van der Waals surface area contributed by atoms with Crippen molar-refractivity contribution in [1.82, 2.24) is 10.3 Å². The molecule has 1 aromatic heterocycles. The minimum atomic E-state index is -4.41. The van der Waals surface area contributed by atoms with Crippen LogP contribution in [0.2, 0.25) is 0 Å². The summed E-state index contributed by atoms with van der Waals surface area (Å²) in [6.07, 6.45) is -2.70. The number of alkyl halides is 3. The van der Waals surface area contributed by atoms with Gasteiger partial charge in [0.25, 0.3) is 0 Å². The zero-order chi connectivity index (χ0) is 27.9. The highest BCUT2D eigenvalue weighted by Crippen LogP contribution is 2.36. The molecule has 3 rings (SSSR count). The SMILES string of the molecule is COCCOCCOCCOCCNCc1cc(-c2cc(-c3cccc(C(F)(F)F)c3)ccc2OC)ccn1. The third-order valence-electron chi connectivity index (χ3n) is 5.76. The van der Waals surface area contributed by atoms with E-state index in [-0.39, 0.29) is 0 Å². The topological polar surface area (TPSA) is 71.1 Å². The second kappa shape index (κ2) is 16.2. The summed E-state index contributed by atoms with van der Waals surface area (Å²) in [6.45, 7) is 4.86. The van der Waals surface area contributed by atoms with Gasteiger partial charge in [0.1, 0.15) is 5.75 Å². The second-order valence-corrected chi connectivity index (χ2v) is 8.54. The maximum atomic E-state index is 13.2. The van der Waals surface area contributed by atoms with Gasteiger partial charge in [0.15, 0.2) is 0 Å². The van der Waals surface area contributed by atoms with E-state index >= 15 is 0 Å². The summed E-state index contributed by atoms with van der Waals surface area (Å²) in [7, 11) is 3.19. The molecule has 7 nitrogen and oxygen atoms in total. The smallest absolute Gasteiger partial charge is 0.416 e. The molecule has 0 aliphatic heterocycles. The van der Waals surface area contributed by atoms with Crippen molar-refractivity contribution in [3.05, 3.63) is 72.1 Å². The van der Waals surface area contributed by atoms with E-state index in [9.17, 15) is 13.2 Å². The molecule has 0 spiro atoms. The number of hydrogen-bond acceptors (Lipinski definition) is 7. The molecule has 212 valence electrons. The lowest BCUT2D eigenvalue weighted by Gasteiger charge is -2.14. The highest BCUT2D eigenvalue weighted by Gasteiger charge is 2.30. The van der Waals surface area contributed by atoms with Gasteiger partial charge < -0.3 is 29.0 Å². The lowest BCUT2D eigenvalue weighted by Crippen LogP contribution is -2.21. The summed E-state index contributed by atoms with van der Waals surface area (Å²) in [5, 5.41) is 3.30. The first-order chi connectivity index (χ1) is 18.9. The molecule has 1 N–H and O–H groups in total. The van der Waals surface area contributed by atoms with Crippen molar-refractivity contribution in [3.8, 4) is 28.0 Å². The largest absolute Gasteiger partial charge is 0.496 e. The molecule has 2 aromatic carbocycles. The van der Waals surface area contributed by atoms with Gasteiger partial charge in [-0.15, -0.1) is 0 Å². The van der Waals surface area contributed by atoms with E-state index in [0.717, 1.165) is 29.0 Å². The van der Waals surface area contributed by atoms with Crippen LogP contribution in [0.25, 0.3) is 22.3 Å². The Kier molecular flexibility index (Phi) is 12.7. The number of ether oxygens (including phenoxy) is 5. The highest BCUT2D eigenvalue weighted by molar-refractivity contribution is 5.78. The number of halogens is 3. The zero-order valence-corrected chi connectivity index (χ0v) is 22.3. The number of aromatic nitrogens is 1. The molecule has 0 amide bonds. The summed E-state index contributed by atoms with van der Waals surface area (Å²) in [6, 6.07) is 14.4. The third-order valence-corrected chi connectivity index (χ3v) is 5.76. The lowest BCUT2D eigenvalue weighted by atomic mass is 9.97. The van der Waals surface area contributed by atoms with Crippen LogP contribution in [0.5, 0.6) is 5.75 Å². The summed E-state index contributed by atoms with van der Waals surface area (Å²) in [4.78, 5) is 4.43. The van der Waals surface area contributed by atoms with Crippen molar-refractivity contribution in [1.29, 1.82) is 0 Å². The van der Waals surface area contributed by atoms with Crippen molar-refractivity contribution in [3.63, 3.8) is 0 Å². The van der Waals surface area contributed by atoms with Crippen molar-refractivity contribution in [2.75, 3.05) is 67.0 Å². The summed E-state index contributed by atoms with van der Waals surface area (Å²) in [5.41, 5.74) is 2.89. The molecule has 39 heavy (non-hydrogen) atoms. The van der Waals surface area contributed by atoms with Gasteiger partial charge in [-0.25, -0.2) is 0 Å². The first kappa shape index (κ1) is 30.5. The van der Waals surface area contributed by atoms with E-state index in [2.05, 4.69) is 10.3 Å². The molecule has 0 radical (unpaired) electrons. The quantitative estimate of drug-likeness (QED) is 0.232. The zero-order valence-electron chi connectivity index (χ0n) is 22.3. The van der Waals surface area contributed by atoms with Gasteiger partial charge in [0.05, 0.1) is 64.6 Å². The van der Waals surface area contributed by atoms with E-state index in [0.29, 0.717) is 76.2 Å². The number of methoxy groups -OCH3 is 2. The van der Waals surface area contributed by atoms with Crippen LogP contribution in [-0.4, -0.2) is 72.0 Å². The molecule has 0 saturated heterocycles. The van der Waals surface area contributed by atoms with Crippen molar-refractivity contribution < 1.29 is 36.9 Å². The number of hydrogen-bond donors (Lipinski definition) is 1. The number of benzene rings is 2. The molecule has 0 fully saturated rings. The number of nitrogens with zero attached hydrogens (tertiary/aromatic N) is 1. The molecule has 0 aliphatic rings. The predicted molar refractivity (Wildman–Crippen MR) is 143 cm³/mol. The predicted octanol–water partition coefficient (Wildman–Crippen LogP) is 5.23. The van der Waals surface area contributed by atoms with Gasteiger partial charge >= 0.3 is 6.18 Å². The van der Waals surface area contributed by atoms with E-state index in [1.54, 1.807) is 38.6 Å². The monoisotopic (exact) mass is 548 g/mol. The Hall–Kier alpha value is -3.02. The van der Waals surface area contributed by atoms with Crippen LogP contribution in [0, 0.1) is 0 Å². The molecule has 1 heterocycles. The Morgan fingerprint density at radius 3 is 2.13 bits per heavy atom. The highest BCUT2D eigenvalue weighted by atomic mass is 19.4. The lowest BCUT2D eigenvalue weighted by molar-refractivity contribution is -0.137. The maximum absolute atomic E-state index is 13.2. The van der Waals surface area contributed by atoms with Crippen LogP contribution in [0.4, 0.5) is 13.2 Å². The Bertz CT molecular complexity index is 1140. The summed E-state index contributed by atoms with van der Waals surface area (Å²) in [5.74, 6) is 0.619. The summed E-state index contributed by atoms with van der Waals surface area (Å²) >= 11 is 0. The van der Waals surface area contributed by atoms with Crippen LogP contribution in [0.3, 0.4) is 0 Å². The minimum Gasteiger partial charge on any atom is -0.496 e.